The Morgan fingerprint density at radius 3 is 0.892 bits per heavy atom. The van der Waals surface area contributed by atoms with E-state index in [9.17, 15) is 10.5 Å². The topological polar surface area (TPSA) is 67.3 Å². The van der Waals surface area contributed by atoms with Crippen molar-refractivity contribution >= 4 is 87.2 Å². The second-order valence-electron chi connectivity index (χ2n) is 34.4. The maximum atomic E-state index is 16.2. The minimum Gasteiger partial charge on any atom is -0.309 e. The third kappa shape index (κ3) is 13.7. The Morgan fingerprint density at radius 2 is 0.500 bits per heavy atom. The number of aryl methyl sites for hydroxylation is 5. The van der Waals surface area contributed by atoms with Gasteiger partial charge in [-0.3, -0.25) is 0 Å². The number of rotatable bonds is 14. The van der Waals surface area contributed by atoms with E-state index in [-0.39, 0.29) is 33.4 Å². The van der Waals surface area contributed by atoms with Crippen molar-refractivity contribution in [2.24, 2.45) is 0 Å². The molecule has 130 heavy (non-hydrogen) atoms. The first-order valence-electron chi connectivity index (χ1n) is 43.4. The van der Waals surface area contributed by atoms with Crippen molar-refractivity contribution in [3.63, 3.8) is 0 Å². The fourth-order valence-electron chi connectivity index (χ4n) is 20.0. The van der Waals surface area contributed by atoms with E-state index in [4.69, 9.17) is 0 Å². The van der Waals surface area contributed by atoms with Crippen molar-refractivity contribution in [3.8, 4) is 124 Å². The van der Waals surface area contributed by atoms with Crippen LogP contribution in [0.5, 0.6) is 0 Å². The number of nitrogens with zero attached hydrogens (tertiary/aromatic N) is 6. The van der Waals surface area contributed by atoms with Crippen LogP contribution in [0.1, 0.15) is 61.2 Å². The van der Waals surface area contributed by atoms with E-state index in [2.05, 4.69) is 235 Å². The predicted molar refractivity (Wildman–Crippen MR) is 520 cm³/mol. The van der Waals surface area contributed by atoms with Crippen LogP contribution in [0.15, 0.2) is 370 Å². The van der Waals surface area contributed by atoms with Crippen LogP contribution in [-0.2, 0) is 18.8 Å². The number of hydrogen-bond donors (Lipinski definition) is 0. The number of halogens is 6. The summed E-state index contributed by atoms with van der Waals surface area (Å²) in [4.78, 5) is 0. The second kappa shape index (κ2) is 31.1. The molecule has 0 aliphatic rings. The maximum absolute atomic E-state index is 16.2. The molecule has 0 fully saturated rings. The minimum absolute atomic E-state index is 0.0486. The molecule has 0 spiro atoms. The number of aromatic nitrogens is 4. The van der Waals surface area contributed by atoms with Gasteiger partial charge >= 0.3 is 12.4 Å². The summed E-state index contributed by atoms with van der Waals surface area (Å²) in [6, 6.07) is 125. The molecule has 0 saturated heterocycles. The summed E-state index contributed by atoms with van der Waals surface area (Å²) in [7, 11) is 0. The van der Waals surface area contributed by atoms with E-state index in [0.29, 0.717) is 40.2 Å². The average molecular weight is 1690 g/mol. The van der Waals surface area contributed by atoms with E-state index in [1.807, 2.05) is 127 Å². The molecule has 12 heteroatoms. The van der Waals surface area contributed by atoms with Crippen LogP contribution in [0.2, 0.25) is 0 Å². The molecule has 0 bridgehead atoms. The number of benzene rings is 18. The number of alkyl halides is 6. The lowest BCUT2D eigenvalue weighted by molar-refractivity contribution is -0.137. The van der Waals surface area contributed by atoms with Crippen LogP contribution in [0.3, 0.4) is 0 Å². The van der Waals surface area contributed by atoms with E-state index >= 15 is 26.3 Å². The van der Waals surface area contributed by atoms with E-state index in [1.54, 1.807) is 36.4 Å². The summed E-state index contributed by atoms with van der Waals surface area (Å²) in [6.45, 7) is 10.3. The van der Waals surface area contributed by atoms with Crippen molar-refractivity contribution < 1.29 is 26.3 Å². The van der Waals surface area contributed by atoms with Gasteiger partial charge in [-0.2, -0.15) is 36.9 Å². The van der Waals surface area contributed by atoms with Gasteiger partial charge in [0.2, 0.25) is 0 Å². The molecule has 0 aliphatic carbocycles. The Labute approximate surface area is 746 Å². The fraction of sp³-hybridized carbons (Fsp3) is 0.0678. The Hall–Kier alpha value is -16.3. The zero-order chi connectivity index (χ0) is 88.7. The van der Waals surface area contributed by atoms with Crippen LogP contribution in [0.4, 0.5) is 26.3 Å². The lowest BCUT2D eigenvalue weighted by Gasteiger charge is -2.21. The van der Waals surface area contributed by atoms with E-state index < -0.39 is 23.5 Å². The molecule has 0 amide bonds. The Kier molecular flexibility index (Phi) is 19.0. The minimum atomic E-state index is -4.80. The molecule has 0 N–H and O–H groups in total. The molecule has 622 valence electrons. The number of para-hydroxylation sites is 1. The summed E-state index contributed by atoms with van der Waals surface area (Å²) in [6.07, 6.45) is -9.12. The van der Waals surface area contributed by atoms with Gasteiger partial charge < -0.3 is 18.3 Å². The first-order valence-corrected chi connectivity index (χ1v) is 43.4. The van der Waals surface area contributed by atoms with Gasteiger partial charge in [-0.05, 0) is 233 Å². The molecule has 0 aliphatic heterocycles. The third-order valence-electron chi connectivity index (χ3n) is 25.9. The second-order valence-corrected chi connectivity index (χ2v) is 34.4. The molecule has 0 radical (unpaired) electrons. The van der Waals surface area contributed by atoms with Crippen LogP contribution in [0, 0.1) is 57.3 Å². The SMILES string of the molecule is Cc1cccc(-c2ccc3c(c2)c2ccccc2n3-c2cc(-c3ccccc3C(F)(F)F)c(-n3c4ccc(Cc5cccc(-c6ccc7c8ccc(-c9cccc(C)c9)cc8n(-c8cc(-c9ccccc9C(F)(F)F)c(-n9c%10cc(-c%11cccc(C)c%11)ccc%10c%10ccc(-c%11cccc(C)c%11)cc%109)cc8C#N)c7c6)c5)cc4c4cc(-c5cccc(C)c5)ccc43)cc2C#N)c1. The summed E-state index contributed by atoms with van der Waals surface area (Å²) in [5, 5.41) is 30.8. The zero-order valence-corrected chi connectivity index (χ0v) is 71.4. The summed E-state index contributed by atoms with van der Waals surface area (Å²) in [5.41, 5.74) is 25.4. The number of hydrogen-bond acceptors (Lipinski definition) is 2. The first kappa shape index (κ1) is 79.6. The van der Waals surface area contributed by atoms with Crippen LogP contribution >= 0.6 is 0 Å². The van der Waals surface area contributed by atoms with Crippen molar-refractivity contribution in [1.82, 2.24) is 18.3 Å². The summed E-state index contributed by atoms with van der Waals surface area (Å²) >= 11 is 0. The molecule has 0 unspecified atom stereocenters. The summed E-state index contributed by atoms with van der Waals surface area (Å²) in [5.74, 6) is 0. The average Bonchev–Trinajstić information content (AvgIpc) is 1.52. The highest BCUT2D eigenvalue weighted by Crippen LogP contribution is 2.50. The van der Waals surface area contributed by atoms with Crippen LogP contribution in [0.25, 0.3) is 199 Å². The highest BCUT2D eigenvalue weighted by atomic mass is 19.4. The molecule has 0 saturated carbocycles. The largest absolute Gasteiger partial charge is 0.417 e. The van der Waals surface area contributed by atoms with Crippen LogP contribution < -0.4 is 0 Å². The third-order valence-corrected chi connectivity index (χ3v) is 25.9. The highest BCUT2D eigenvalue weighted by molar-refractivity contribution is 6.16. The van der Waals surface area contributed by atoms with Gasteiger partial charge in [0.05, 0.1) is 89.1 Å². The molecule has 22 rings (SSSR count). The Balaban J connectivity index is 0.719. The normalized spacial score (nSPS) is 12.0. The monoisotopic (exact) mass is 1690 g/mol. The van der Waals surface area contributed by atoms with Crippen molar-refractivity contribution in [3.05, 3.63) is 431 Å². The lowest BCUT2D eigenvalue weighted by Crippen LogP contribution is -2.09. The van der Waals surface area contributed by atoms with Gasteiger partial charge in [-0.1, -0.05) is 295 Å². The molecule has 4 heterocycles. The standard InChI is InChI=1S/C118H78F6N6/c1-70-18-12-24-77(50-70)83-41-48-107-99(58-83)93-32-8-11-35-105(93)127(107)109-66-101(91-30-6-9-33-103(91)117(119,120)121)115(64-89(109)68-125)128-106-47-36-76(57-98(106)100-59-84(42-49-108(100)128)78-25-13-19-71(2)51-78)55-75-23-17-29-82(56-75)88-40-46-95-94-43-37-85(79-26-14-20-72(3)52-79)60-111(94)129(112(95)63-88)110-67-102(92-31-7-10-34-104(92)118(122,123)124)116(65-90(110)69-126)130-113-61-86(80-27-15-21-73(4)53-80)38-44-96(113)97-45-39-87(62-114(97)130)81-28-16-22-74(5)54-81/h6-54,56-67H,55H2,1-5H3. The summed E-state index contributed by atoms with van der Waals surface area (Å²) < 4.78 is 105. The zero-order valence-electron chi connectivity index (χ0n) is 71.4. The highest BCUT2D eigenvalue weighted by Gasteiger charge is 2.37. The molecule has 22 aromatic rings. The van der Waals surface area contributed by atoms with Crippen LogP contribution in [-0.4, -0.2) is 18.3 Å². The predicted octanol–water partition coefficient (Wildman–Crippen LogP) is 32.3. The first-order chi connectivity index (χ1) is 63.1. The smallest absolute Gasteiger partial charge is 0.309 e. The fourth-order valence-corrected chi connectivity index (χ4v) is 20.0. The van der Waals surface area contributed by atoms with Gasteiger partial charge in [0, 0.05) is 54.2 Å². The van der Waals surface area contributed by atoms with Gasteiger partial charge in [-0.25, -0.2) is 0 Å². The Bertz CT molecular complexity index is 8500. The van der Waals surface area contributed by atoms with Gasteiger partial charge in [0.25, 0.3) is 0 Å². The molecule has 6 nitrogen and oxygen atoms in total. The number of fused-ring (bicyclic) bond motifs is 12. The Morgan fingerprint density at radius 1 is 0.215 bits per heavy atom. The molecule has 0 atom stereocenters. The van der Waals surface area contributed by atoms with Gasteiger partial charge in [0.1, 0.15) is 12.1 Å². The molecular weight excluding hydrogens is 1620 g/mol. The van der Waals surface area contributed by atoms with Crippen molar-refractivity contribution in [2.45, 2.75) is 53.4 Å². The van der Waals surface area contributed by atoms with Crippen molar-refractivity contribution in [1.29, 1.82) is 10.5 Å². The van der Waals surface area contributed by atoms with Gasteiger partial charge in [-0.15, -0.1) is 0 Å². The molecular formula is C118H78F6N6. The van der Waals surface area contributed by atoms with Gasteiger partial charge in [0.15, 0.2) is 0 Å². The quantitative estimate of drug-likeness (QED) is 0.102. The maximum Gasteiger partial charge on any atom is 0.417 e. The van der Waals surface area contributed by atoms with Crippen molar-refractivity contribution in [2.75, 3.05) is 0 Å². The molecule has 18 aromatic carbocycles. The van der Waals surface area contributed by atoms with E-state index in [0.717, 1.165) is 194 Å². The molecule has 4 aromatic heterocycles. The lowest BCUT2D eigenvalue weighted by atomic mass is 9.94. The van der Waals surface area contributed by atoms with E-state index in [1.165, 1.54) is 24.3 Å². The number of nitriles is 2.